The summed E-state index contributed by atoms with van der Waals surface area (Å²) in [7, 11) is 1.71. The Labute approximate surface area is 108 Å². The van der Waals surface area contributed by atoms with Gasteiger partial charge in [-0.05, 0) is 29.5 Å². The average Bonchev–Trinajstić information content (AvgIpc) is 2.33. The summed E-state index contributed by atoms with van der Waals surface area (Å²) in [4.78, 5) is 0. The summed E-state index contributed by atoms with van der Waals surface area (Å²) in [5.74, 6) is 0.966. The van der Waals surface area contributed by atoms with Crippen molar-refractivity contribution in [2.45, 2.75) is 60.8 Å². The van der Waals surface area contributed by atoms with Gasteiger partial charge in [0.05, 0.1) is 7.11 Å². The van der Waals surface area contributed by atoms with Crippen molar-refractivity contribution < 1.29 is 4.74 Å². The average molecular weight is 238 g/mol. The van der Waals surface area contributed by atoms with E-state index in [1.54, 1.807) is 7.11 Å². The molecule has 0 atom stereocenters. The number of ether oxygens (including phenoxy) is 1. The van der Waals surface area contributed by atoms with E-state index in [1.165, 1.54) is 11.1 Å². The summed E-state index contributed by atoms with van der Waals surface area (Å²) < 4.78 is 5.21. The predicted octanol–water partition coefficient (Wildman–Crippen LogP) is 5.35. The Morgan fingerprint density at radius 2 is 1.41 bits per heavy atom. The minimum atomic E-state index is 0.219. The van der Waals surface area contributed by atoms with Crippen molar-refractivity contribution in [2.75, 3.05) is 7.11 Å². The SMILES string of the molecule is CC.CC.COc1ccc(C(C)(C)C)cc1C. The molecule has 0 fully saturated rings. The van der Waals surface area contributed by atoms with Gasteiger partial charge in [-0.2, -0.15) is 0 Å². The number of benzene rings is 1. The smallest absolute Gasteiger partial charge is 0.121 e. The Kier molecular flexibility index (Phi) is 9.83. The van der Waals surface area contributed by atoms with Gasteiger partial charge < -0.3 is 4.74 Å². The standard InChI is InChI=1S/C12H18O.2C2H6/c1-9-8-10(12(2,3)4)6-7-11(9)13-5;2*1-2/h6-8H,1-5H3;2*1-2H3. The van der Waals surface area contributed by atoms with E-state index in [-0.39, 0.29) is 5.41 Å². The van der Waals surface area contributed by atoms with Crippen LogP contribution in [0.5, 0.6) is 5.75 Å². The lowest BCUT2D eigenvalue weighted by atomic mass is 9.86. The zero-order valence-corrected chi connectivity index (χ0v) is 13.1. The van der Waals surface area contributed by atoms with Crippen LogP contribution in [0.4, 0.5) is 0 Å². The molecule has 1 rings (SSSR count). The van der Waals surface area contributed by atoms with Gasteiger partial charge in [-0.3, -0.25) is 0 Å². The molecule has 0 aliphatic heterocycles. The van der Waals surface area contributed by atoms with Gasteiger partial charge in [-0.15, -0.1) is 0 Å². The highest BCUT2D eigenvalue weighted by atomic mass is 16.5. The molecular formula is C16H30O. The molecule has 1 aromatic rings. The van der Waals surface area contributed by atoms with Gasteiger partial charge in [-0.25, -0.2) is 0 Å². The maximum atomic E-state index is 5.21. The summed E-state index contributed by atoms with van der Waals surface area (Å²) in [6.45, 7) is 16.7. The van der Waals surface area contributed by atoms with E-state index in [0.29, 0.717) is 0 Å². The fraction of sp³-hybridized carbons (Fsp3) is 0.625. The van der Waals surface area contributed by atoms with Crippen LogP contribution in [-0.4, -0.2) is 7.11 Å². The molecule has 0 spiro atoms. The van der Waals surface area contributed by atoms with E-state index in [1.807, 2.05) is 33.8 Å². The normalized spacial score (nSPS) is 9.47. The summed E-state index contributed by atoms with van der Waals surface area (Å²) in [5, 5.41) is 0. The van der Waals surface area contributed by atoms with Crippen molar-refractivity contribution in [1.29, 1.82) is 0 Å². The zero-order chi connectivity index (χ0) is 14.1. The van der Waals surface area contributed by atoms with Gasteiger partial charge in [0.1, 0.15) is 5.75 Å². The molecule has 0 aliphatic carbocycles. The largest absolute Gasteiger partial charge is 0.496 e. The second-order valence-electron chi connectivity index (χ2n) is 4.43. The molecule has 0 amide bonds. The first-order valence-corrected chi connectivity index (χ1v) is 6.60. The Morgan fingerprint density at radius 3 is 1.71 bits per heavy atom. The lowest BCUT2D eigenvalue weighted by Gasteiger charge is -2.20. The second-order valence-corrected chi connectivity index (χ2v) is 4.43. The van der Waals surface area contributed by atoms with E-state index in [0.717, 1.165) is 5.75 Å². The van der Waals surface area contributed by atoms with Crippen LogP contribution < -0.4 is 4.74 Å². The van der Waals surface area contributed by atoms with Gasteiger partial charge >= 0.3 is 0 Å². The Hall–Kier alpha value is -0.980. The lowest BCUT2D eigenvalue weighted by Crippen LogP contribution is -2.11. The third-order valence-electron chi connectivity index (χ3n) is 2.26. The third kappa shape index (κ3) is 6.35. The van der Waals surface area contributed by atoms with Gasteiger partial charge in [0, 0.05) is 0 Å². The van der Waals surface area contributed by atoms with E-state index >= 15 is 0 Å². The Balaban J connectivity index is 0. The first kappa shape index (κ1) is 18.4. The van der Waals surface area contributed by atoms with Crippen molar-refractivity contribution in [2.24, 2.45) is 0 Å². The maximum absolute atomic E-state index is 5.21. The van der Waals surface area contributed by atoms with Gasteiger partial charge in [-0.1, -0.05) is 60.6 Å². The fourth-order valence-corrected chi connectivity index (χ4v) is 1.34. The van der Waals surface area contributed by atoms with Crippen LogP contribution in [0, 0.1) is 6.92 Å². The number of aryl methyl sites for hydroxylation is 1. The molecule has 0 heterocycles. The molecular weight excluding hydrogens is 208 g/mol. The Bertz CT molecular complexity index is 295. The molecule has 1 nitrogen and oxygen atoms in total. The van der Waals surface area contributed by atoms with Crippen molar-refractivity contribution >= 4 is 0 Å². The molecule has 0 unspecified atom stereocenters. The molecule has 100 valence electrons. The summed E-state index contributed by atoms with van der Waals surface area (Å²) in [5.41, 5.74) is 2.78. The first-order chi connectivity index (χ1) is 7.95. The second kappa shape index (κ2) is 9.09. The number of methoxy groups -OCH3 is 1. The molecule has 0 aliphatic rings. The molecule has 0 bridgehead atoms. The maximum Gasteiger partial charge on any atom is 0.121 e. The molecule has 1 heteroatoms. The minimum Gasteiger partial charge on any atom is -0.496 e. The molecule has 0 radical (unpaired) electrons. The van der Waals surface area contributed by atoms with E-state index in [9.17, 15) is 0 Å². The minimum absolute atomic E-state index is 0.219. The lowest BCUT2D eigenvalue weighted by molar-refractivity contribution is 0.411. The molecule has 1 aromatic carbocycles. The van der Waals surface area contributed by atoms with Crippen LogP contribution in [0.2, 0.25) is 0 Å². The number of rotatable bonds is 1. The fourth-order valence-electron chi connectivity index (χ4n) is 1.34. The first-order valence-electron chi connectivity index (χ1n) is 6.60. The van der Waals surface area contributed by atoms with Crippen LogP contribution >= 0.6 is 0 Å². The van der Waals surface area contributed by atoms with Crippen molar-refractivity contribution in [3.05, 3.63) is 29.3 Å². The van der Waals surface area contributed by atoms with Crippen LogP contribution in [0.25, 0.3) is 0 Å². The number of hydrogen-bond donors (Lipinski definition) is 0. The quantitative estimate of drug-likeness (QED) is 0.640. The summed E-state index contributed by atoms with van der Waals surface area (Å²) in [6, 6.07) is 6.36. The van der Waals surface area contributed by atoms with Gasteiger partial charge in [0.15, 0.2) is 0 Å². The van der Waals surface area contributed by atoms with Crippen LogP contribution in [0.3, 0.4) is 0 Å². The monoisotopic (exact) mass is 238 g/mol. The van der Waals surface area contributed by atoms with Crippen LogP contribution in [0.1, 0.15) is 59.6 Å². The highest BCUT2D eigenvalue weighted by Crippen LogP contribution is 2.27. The topological polar surface area (TPSA) is 9.23 Å². The van der Waals surface area contributed by atoms with Crippen LogP contribution in [-0.2, 0) is 5.41 Å². The molecule has 0 aromatic heterocycles. The van der Waals surface area contributed by atoms with Crippen molar-refractivity contribution in [3.8, 4) is 5.75 Å². The third-order valence-corrected chi connectivity index (χ3v) is 2.26. The molecule has 0 saturated heterocycles. The number of hydrogen-bond acceptors (Lipinski definition) is 1. The molecule has 0 N–H and O–H groups in total. The Morgan fingerprint density at radius 1 is 0.941 bits per heavy atom. The summed E-state index contributed by atoms with van der Waals surface area (Å²) >= 11 is 0. The van der Waals surface area contributed by atoms with Crippen molar-refractivity contribution in [1.82, 2.24) is 0 Å². The van der Waals surface area contributed by atoms with E-state index in [4.69, 9.17) is 4.74 Å². The van der Waals surface area contributed by atoms with E-state index < -0.39 is 0 Å². The van der Waals surface area contributed by atoms with Gasteiger partial charge in [0.2, 0.25) is 0 Å². The molecule has 0 saturated carbocycles. The summed E-state index contributed by atoms with van der Waals surface area (Å²) in [6.07, 6.45) is 0. The zero-order valence-electron chi connectivity index (χ0n) is 13.1. The highest BCUT2D eigenvalue weighted by molar-refractivity contribution is 5.38. The van der Waals surface area contributed by atoms with Gasteiger partial charge in [0.25, 0.3) is 0 Å². The predicted molar refractivity (Wildman–Crippen MR) is 79.1 cm³/mol. The van der Waals surface area contributed by atoms with Crippen LogP contribution in [0.15, 0.2) is 18.2 Å². The highest BCUT2D eigenvalue weighted by Gasteiger charge is 2.14. The molecule has 17 heavy (non-hydrogen) atoms. The van der Waals surface area contributed by atoms with E-state index in [2.05, 4.69) is 39.8 Å². The van der Waals surface area contributed by atoms with Crippen molar-refractivity contribution in [3.63, 3.8) is 0 Å².